The van der Waals surface area contributed by atoms with Crippen molar-refractivity contribution in [3.8, 4) is 11.5 Å². The number of nitrogen functional groups attached to an aromatic ring is 1. The largest absolute Gasteiger partial charge is 0.497 e. The number of rotatable bonds is 4. The molecule has 5 nitrogen and oxygen atoms in total. The SMILES string of the molecule is COc1ccc(OCn2cc(N)cn2)c(Cl)c1. The Morgan fingerprint density at radius 1 is 1.47 bits per heavy atom. The molecule has 0 aliphatic heterocycles. The second-order valence-corrected chi connectivity index (χ2v) is 3.79. The number of ether oxygens (including phenoxy) is 2. The molecule has 0 fully saturated rings. The van der Waals surface area contributed by atoms with Crippen LogP contribution in [0.25, 0.3) is 0 Å². The van der Waals surface area contributed by atoms with E-state index >= 15 is 0 Å². The standard InChI is InChI=1S/C11H12ClN3O2/c1-16-9-2-3-11(10(12)4-9)17-7-15-6-8(13)5-14-15/h2-6H,7,13H2,1H3. The lowest BCUT2D eigenvalue weighted by Gasteiger charge is -2.09. The van der Waals surface area contributed by atoms with Gasteiger partial charge in [-0.05, 0) is 12.1 Å². The number of halogens is 1. The number of hydrogen-bond donors (Lipinski definition) is 1. The lowest BCUT2D eigenvalue weighted by Crippen LogP contribution is -2.05. The summed E-state index contributed by atoms with van der Waals surface area (Å²) in [6.07, 6.45) is 3.23. The third-order valence-electron chi connectivity index (χ3n) is 2.14. The molecule has 0 radical (unpaired) electrons. The Balaban J connectivity index is 2.04. The summed E-state index contributed by atoms with van der Waals surface area (Å²) < 4.78 is 12.1. The Labute approximate surface area is 104 Å². The zero-order valence-corrected chi connectivity index (χ0v) is 10.0. The van der Waals surface area contributed by atoms with E-state index in [0.29, 0.717) is 22.2 Å². The molecule has 0 unspecified atom stereocenters. The highest BCUT2D eigenvalue weighted by Gasteiger charge is 2.04. The molecule has 0 saturated heterocycles. The van der Waals surface area contributed by atoms with Crippen LogP contribution in [0.3, 0.4) is 0 Å². The number of benzene rings is 1. The van der Waals surface area contributed by atoms with Crippen molar-refractivity contribution in [2.24, 2.45) is 0 Å². The maximum Gasteiger partial charge on any atom is 0.181 e. The van der Waals surface area contributed by atoms with E-state index in [9.17, 15) is 0 Å². The van der Waals surface area contributed by atoms with E-state index in [4.69, 9.17) is 26.8 Å². The van der Waals surface area contributed by atoms with Crippen molar-refractivity contribution in [3.05, 3.63) is 35.6 Å². The Kier molecular flexibility index (Phi) is 3.39. The van der Waals surface area contributed by atoms with Crippen LogP contribution in [0, 0.1) is 0 Å². The summed E-state index contributed by atoms with van der Waals surface area (Å²) in [6.45, 7) is 0.253. The topological polar surface area (TPSA) is 62.3 Å². The molecule has 1 aromatic heterocycles. The molecule has 0 spiro atoms. The van der Waals surface area contributed by atoms with Gasteiger partial charge in [-0.2, -0.15) is 5.10 Å². The molecule has 1 aromatic carbocycles. The maximum absolute atomic E-state index is 6.02. The van der Waals surface area contributed by atoms with E-state index in [0.717, 1.165) is 0 Å². The molecule has 2 rings (SSSR count). The van der Waals surface area contributed by atoms with Crippen molar-refractivity contribution in [1.29, 1.82) is 0 Å². The Morgan fingerprint density at radius 2 is 2.29 bits per heavy atom. The average molecular weight is 254 g/mol. The first kappa shape index (κ1) is 11.6. The molecule has 2 N–H and O–H groups in total. The molecule has 6 heteroatoms. The van der Waals surface area contributed by atoms with E-state index in [1.54, 1.807) is 42.4 Å². The molecular formula is C11H12ClN3O2. The van der Waals surface area contributed by atoms with Crippen LogP contribution in [0.5, 0.6) is 11.5 Å². The molecule has 0 bridgehead atoms. The van der Waals surface area contributed by atoms with E-state index in [1.165, 1.54) is 0 Å². The summed E-state index contributed by atoms with van der Waals surface area (Å²) in [4.78, 5) is 0. The second-order valence-electron chi connectivity index (χ2n) is 3.38. The second kappa shape index (κ2) is 4.97. The van der Waals surface area contributed by atoms with E-state index in [2.05, 4.69) is 5.10 Å². The van der Waals surface area contributed by atoms with Gasteiger partial charge in [-0.3, -0.25) is 0 Å². The lowest BCUT2D eigenvalue weighted by molar-refractivity contribution is 0.221. The summed E-state index contributed by atoms with van der Waals surface area (Å²) in [5.41, 5.74) is 6.13. The number of methoxy groups -OCH3 is 1. The fourth-order valence-electron chi connectivity index (χ4n) is 1.31. The van der Waals surface area contributed by atoms with Crippen LogP contribution in [0.15, 0.2) is 30.6 Å². The molecule has 0 aliphatic rings. The van der Waals surface area contributed by atoms with Crippen molar-refractivity contribution in [3.63, 3.8) is 0 Å². The lowest BCUT2D eigenvalue weighted by atomic mass is 10.3. The van der Waals surface area contributed by atoms with Gasteiger partial charge in [0.2, 0.25) is 0 Å². The fraction of sp³-hybridized carbons (Fsp3) is 0.182. The number of hydrogen-bond acceptors (Lipinski definition) is 4. The Morgan fingerprint density at radius 3 is 2.88 bits per heavy atom. The first-order valence-corrected chi connectivity index (χ1v) is 5.31. The van der Waals surface area contributed by atoms with Gasteiger partial charge in [-0.15, -0.1) is 0 Å². The molecule has 90 valence electrons. The van der Waals surface area contributed by atoms with E-state index in [-0.39, 0.29) is 6.73 Å². The highest BCUT2D eigenvalue weighted by Crippen LogP contribution is 2.28. The van der Waals surface area contributed by atoms with E-state index in [1.807, 2.05) is 0 Å². The third kappa shape index (κ3) is 2.82. The highest BCUT2D eigenvalue weighted by molar-refractivity contribution is 6.32. The quantitative estimate of drug-likeness (QED) is 0.907. The minimum atomic E-state index is 0.253. The number of anilines is 1. The molecular weight excluding hydrogens is 242 g/mol. The molecule has 0 amide bonds. The van der Waals surface area contributed by atoms with Crippen LogP contribution in [0.4, 0.5) is 5.69 Å². The van der Waals surface area contributed by atoms with Crippen molar-refractivity contribution in [1.82, 2.24) is 9.78 Å². The van der Waals surface area contributed by atoms with Gasteiger partial charge in [0.05, 0.1) is 30.2 Å². The van der Waals surface area contributed by atoms with Crippen molar-refractivity contribution in [2.45, 2.75) is 6.73 Å². The number of nitrogens with zero attached hydrogens (tertiary/aromatic N) is 2. The predicted octanol–water partition coefficient (Wildman–Crippen LogP) is 2.16. The average Bonchev–Trinajstić information content (AvgIpc) is 2.73. The van der Waals surface area contributed by atoms with Gasteiger partial charge in [0.1, 0.15) is 11.5 Å². The minimum Gasteiger partial charge on any atom is -0.497 e. The summed E-state index contributed by atoms with van der Waals surface area (Å²) >= 11 is 6.02. The number of nitrogens with two attached hydrogens (primary N) is 1. The maximum atomic E-state index is 6.02. The van der Waals surface area contributed by atoms with Crippen LogP contribution >= 0.6 is 11.6 Å². The molecule has 0 saturated carbocycles. The minimum absolute atomic E-state index is 0.253. The third-order valence-corrected chi connectivity index (χ3v) is 2.44. The zero-order valence-electron chi connectivity index (χ0n) is 9.26. The molecule has 2 aromatic rings. The van der Waals surface area contributed by atoms with Gasteiger partial charge in [-0.1, -0.05) is 11.6 Å². The van der Waals surface area contributed by atoms with Gasteiger partial charge < -0.3 is 15.2 Å². The molecule has 17 heavy (non-hydrogen) atoms. The van der Waals surface area contributed by atoms with Gasteiger partial charge in [0, 0.05) is 6.07 Å². The smallest absolute Gasteiger partial charge is 0.181 e. The van der Waals surface area contributed by atoms with Gasteiger partial charge in [0.25, 0.3) is 0 Å². The van der Waals surface area contributed by atoms with Crippen LogP contribution in [-0.2, 0) is 6.73 Å². The summed E-state index contributed by atoms with van der Waals surface area (Å²) in [6, 6.07) is 5.21. The Bertz CT molecular complexity index is 513. The van der Waals surface area contributed by atoms with Gasteiger partial charge >= 0.3 is 0 Å². The molecule has 0 aliphatic carbocycles. The Hall–Kier alpha value is -1.88. The summed E-state index contributed by atoms with van der Waals surface area (Å²) in [5.74, 6) is 1.26. The summed E-state index contributed by atoms with van der Waals surface area (Å²) in [5, 5.41) is 4.48. The van der Waals surface area contributed by atoms with Crippen molar-refractivity contribution < 1.29 is 9.47 Å². The fourth-order valence-corrected chi connectivity index (χ4v) is 1.54. The van der Waals surface area contributed by atoms with Gasteiger partial charge in [-0.25, -0.2) is 4.68 Å². The summed E-state index contributed by atoms with van der Waals surface area (Å²) in [7, 11) is 1.58. The van der Waals surface area contributed by atoms with Crippen molar-refractivity contribution >= 4 is 17.3 Å². The first-order chi connectivity index (χ1) is 8.19. The van der Waals surface area contributed by atoms with Crippen LogP contribution in [0.2, 0.25) is 5.02 Å². The van der Waals surface area contributed by atoms with E-state index < -0.39 is 0 Å². The monoisotopic (exact) mass is 253 g/mol. The van der Waals surface area contributed by atoms with Crippen LogP contribution < -0.4 is 15.2 Å². The normalized spacial score (nSPS) is 10.2. The molecule has 0 atom stereocenters. The number of aromatic nitrogens is 2. The van der Waals surface area contributed by atoms with Crippen molar-refractivity contribution in [2.75, 3.05) is 12.8 Å². The molecule has 1 heterocycles. The zero-order chi connectivity index (χ0) is 12.3. The highest BCUT2D eigenvalue weighted by atomic mass is 35.5. The van der Waals surface area contributed by atoms with Crippen LogP contribution in [0.1, 0.15) is 0 Å². The predicted molar refractivity (Wildman–Crippen MR) is 65.3 cm³/mol. The first-order valence-electron chi connectivity index (χ1n) is 4.93. The van der Waals surface area contributed by atoms with Crippen LogP contribution in [-0.4, -0.2) is 16.9 Å². The van der Waals surface area contributed by atoms with Gasteiger partial charge in [0.15, 0.2) is 6.73 Å².